The first-order chi connectivity index (χ1) is 10.7. The van der Waals surface area contributed by atoms with Crippen molar-refractivity contribution in [2.75, 3.05) is 33.2 Å². The normalized spacial score (nSPS) is 19.4. The predicted octanol–water partition coefficient (Wildman–Crippen LogP) is 2.19. The molecular weight excluding hydrogens is 272 g/mol. The van der Waals surface area contributed by atoms with Gasteiger partial charge in [-0.15, -0.1) is 0 Å². The molecule has 4 heteroatoms. The van der Waals surface area contributed by atoms with Gasteiger partial charge in [-0.1, -0.05) is 36.8 Å². The Morgan fingerprint density at radius 1 is 1.36 bits per heavy atom. The monoisotopic (exact) mass is 302 g/mol. The van der Waals surface area contributed by atoms with Crippen LogP contribution in [0.1, 0.15) is 30.9 Å². The molecule has 1 fully saturated rings. The van der Waals surface area contributed by atoms with Crippen molar-refractivity contribution in [1.29, 1.82) is 0 Å². The fourth-order valence-corrected chi connectivity index (χ4v) is 3.17. The van der Waals surface area contributed by atoms with Crippen molar-refractivity contribution in [1.82, 2.24) is 15.5 Å². The van der Waals surface area contributed by atoms with Crippen LogP contribution >= 0.6 is 0 Å². The Hall–Kier alpha value is -1.55. The van der Waals surface area contributed by atoms with E-state index < -0.39 is 0 Å². The summed E-state index contributed by atoms with van der Waals surface area (Å²) < 4.78 is 0. The summed E-state index contributed by atoms with van der Waals surface area (Å²) in [5.41, 5.74) is 2.69. The number of likely N-dealkylation sites (tertiary alicyclic amines) is 1. The minimum Gasteiger partial charge on any atom is -0.356 e. The second-order valence-electron chi connectivity index (χ2n) is 6.04. The SMILES string of the molecule is CCN1CCCC1CNC(=NC)NCCc1cccc(C)c1. The second-order valence-corrected chi connectivity index (χ2v) is 6.04. The number of rotatable bonds is 6. The number of nitrogens with zero attached hydrogens (tertiary/aromatic N) is 2. The Morgan fingerprint density at radius 2 is 2.23 bits per heavy atom. The van der Waals surface area contributed by atoms with E-state index in [2.05, 4.69) is 58.6 Å². The average Bonchev–Trinajstić information content (AvgIpc) is 2.98. The molecule has 122 valence electrons. The zero-order valence-electron chi connectivity index (χ0n) is 14.2. The van der Waals surface area contributed by atoms with Gasteiger partial charge in [0, 0.05) is 26.2 Å². The molecule has 0 spiro atoms. The van der Waals surface area contributed by atoms with Gasteiger partial charge in [-0.2, -0.15) is 0 Å². The Bertz CT molecular complexity index is 484. The summed E-state index contributed by atoms with van der Waals surface area (Å²) in [6.07, 6.45) is 3.63. The number of hydrogen-bond acceptors (Lipinski definition) is 2. The van der Waals surface area contributed by atoms with Gasteiger partial charge in [-0.25, -0.2) is 0 Å². The van der Waals surface area contributed by atoms with Crippen molar-refractivity contribution in [2.24, 2.45) is 4.99 Å². The highest BCUT2D eigenvalue weighted by molar-refractivity contribution is 5.79. The van der Waals surface area contributed by atoms with Crippen molar-refractivity contribution >= 4 is 5.96 Å². The van der Waals surface area contributed by atoms with Crippen LogP contribution in [0.5, 0.6) is 0 Å². The number of benzene rings is 1. The summed E-state index contributed by atoms with van der Waals surface area (Å²) in [7, 11) is 1.84. The van der Waals surface area contributed by atoms with E-state index in [0.717, 1.165) is 32.0 Å². The van der Waals surface area contributed by atoms with Gasteiger partial charge in [0.2, 0.25) is 0 Å². The zero-order chi connectivity index (χ0) is 15.8. The molecule has 1 heterocycles. The molecule has 2 rings (SSSR count). The van der Waals surface area contributed by atoms with Crippen LogP contribution in [-0.2, 0) is 6.42 Å². The minimum absolute atomic E-state index is 0.653. The summed E-state index contributed by atoms with van der Waals surface area (Å²) in [5, 5.41) is 6.89. The van der Waals surface area contributed by atoms with Crippen LogP contribution < -0.4 is 10.6 Å². The third-order valence-electron chi connectivity index (χ3n) is 4.42. The van der Waals surface area contributed by atoms with E-state index in [9.17, 15) is 0 Å². The fourth-order valence-electron chi connectivity index (χ4n) is 3.17. The van der Waals surface area contributed by atoms with Crippen molar-refractivity contribution < 1.29 is 0 Å². The quantitative estimate of drug-likeness (QED) is 0.625. The first kappa shape index (κ1) is 16.8. The predicted molar refractivity (Wildman–Crippen MR) is 94.5 cm³/mol. The van der Waals surface area contributed by atoms with Crippen molar-refractivity contribution in [3.05, 3.63) is 35.4 Å². The van der Waals surface area contributed by atoms with Crippen molar-refractivity contribution in [3.8, 4) is 0 Å². The maximum atomic E-state index is 4.32. The van der Waals surface area contributed by atoms with Crippen molar-refractivity contribution in [2.45, 2.75) is 39.2 Å². The largest absolute Gasteiger partial charge is 0.356 e. The molecule has 0 radical (unpaired) electrons. The first-order valence-electron chi connectivity index (χ1n) is 8.47. The second kappa shape index (κ2) is 8.79. The summed E-state index contributed by atoms with van der Waals surface area (Å²) in [6, 6.07) is 9.34. The number of guanidine groups is 1. The lowest BCUT2D eigenvalue weighted by molar-refractivity contribution is 0.267. The average molecular weight is 302 g/mol. The Morgan fingerprint density at radius 3 is 2.95 bits per heavy atom. The minimum atomic E-state index is 0.653. The third-order valence-corrected chi connectivity index (χ3v) is 4.42. The lowest BCUT2D eigenvalue weighted by atomic mass is 10.1. The molecule has 2 N–H and O–H groups in total. The Labute approximate surface area is 135 Å². The van der Waals surface area contributed by atoms with E-state index >= 15 is 0 Å². The Balaban J connectivity index is 1.71. The van der Waals surface area contributed by atoms with Crippen LogP contribution in [0.2, 0.25) is 0 Å². The standard InChI is InChI=1S/C18H30N4/c1-4-22-12-6-9-17(22)14-21-18(19-3)20-11-10-16-8-5-7-15(2)13-16/h5,7-8,13,17H,4,6,9-12,14H2,1-3H3,(H2,19,20,21). The van der Waals surface area contributed by atoms with Gasteiger partial charge in [-0.3, -0.25) is 9.89 Å². The summed E-state index contributed by atoms with van der Waals surface area (Å²) in [6.45, 7) is 8.66. The topological polar surface area (TPSA) is 39.7 Å². The number of aryl methyl sites for hydroxylation is 1. The molecule has 1 aliphatic heterocycles. The maximum Gasteiger partial charge on any atom is 0.191 e. The molecular formula is C18H30N4. The lowest BCUT2D eigenvalue weighted by Gasteiger charge is -2.24. The van der Waals surface area contributed by atoms with Gasteiger partial charge < -0.3 is 10.6 Å². The molecule has 0 saturated carbocycles. The third kappa shape index (κ3) is 5.02. The van der Waals surface area contributed by atoms with Crippen molar-refractivity contribution in [3.63, 3.8) is 0 Å². The van der Waals surface area contributed by atoms with Gasteiger partial charge in [-0.05, 0) is 44.8 Å². The molecule has 1 aliphatic rings. The van der Waals surface area contributed by atoms with Gasteiger partial charge in [0.05, 0.1) is 0 Å². The van der Waals surface area contributed by atoms with Crippen LogP contribution in [-0.4, -0.2) is 50.1 Å². The smallest absolute Gasteiger partial charge is 0.191 e. The molecule has 1 aromatic carbocycles. The van der Waals surface area contributed by atoms with Crippen LogP contribution in [0, 0.1) is 6.92 Å². The van der Waals surface area contributed by atoms with Gasteiger partial charge in [0.1, 0.15) is 0 Å². The molecule has 1 aromatic rings. The fraction of sp³-hybridized carbons (Fsp3) is 0.611. The Kier molecular flexibility index (Phi) is 6.72. The van der Waals surface area contributed by atoms with Gasteiger partial charge in [0.25, 0.3) is 0 Å². The molecule has 0 bridgehead atoms. The molecule has 22 heavy (non-hydrogen) atoms. The molecule has 1 saturated heterocycles. The molecule has 4 nitrogen and oxygen atoms in total. The molecule has 1 atom stereocenters. The highest BCUT2D eigenvalue weighted by Gasteiger charge is 2.22. The van der Waals surface area contributed by atoms with Crippen LogP contribution in [0.15, 0.2) is 29.3 Å². The number of likely N-dealkylation sites (N-methyl/N-ethyl adjacent to an activating group) is 1. The van der Waals surface area contributed by atoms with Crippen LogP contribution in [0.25, 0.3) is 0 Å². The van der Waals surface area contributed by atoms with E-state index in [1.165, 1.54) is 30.5 Å². The van der Waals surface area contributed by atoms with Gasteiger partial charge >= 0.3 is 0 Å². The number of hydrogen-bond donors (Lipinski definition) is 2. The molecule has 1 unspecified atom stereocenters. The van der Waals surface area contributed by atoms with E-state index in [1.54, 1.807) is 0 Å². The van der Waals surface area contributed by atoms with E-state index in [4.69, 9.17) is 0 Å². The molecule has 0 aliphatic carbocycles. The first-order valence-corrected chi connectivity index (χ1v) is 8.47. The molecule has 0 amide bonds. The maximum absolute atomic E-state index is 4.32. The van der Waals surface area contributed by atoms with Gasteiger partial charge in [0.15, 0.2) is 5.96 Å². The summed E-state index contributed by atoms with van der Waals surface area (Å²) >= 11 is 0. The highest BCUT2D eigenvalue weighted by atomic mass is 15.2. The molecule has 0 aromatic heterocycles. The lowest BCUT2D eigenvalue weighted by Crippen LogP contribution is -2.45. The summed E-state index contributed by atoms with van der Waals surface area (Å²) in [4.78, 5) is 6.87. The zero-order valence-corrected chi connectivity index (χ0v) is 14.2. The van der Waals surface area contributed by atoms with E-state index in [1.807, 2.05) is 7.05 Å². The number of aliphatic imine (C=N–C) groups is 1. The summed E-state index contributed by atoms with van der Waals surface area (Å²) in [5.74, 6) is 0.913. The van der Waals surface area contributed by atoms with E-state index in [-0.39, 0.29) is 0 Å². The highest BCUT2D eigenvalue weighted by Crippen LogP contribution is 2.15. The van der Waals surface area contributed by atoms with Crippen LogP contribution in [0.3, 0.4) is 0 Å². The van der Waals surface area contributed by atoms with Crippen LogP contribution in [0.4, 0.5) is 0 Å². The number of nitrogens with one attached hydrogen (secondary N) is 2. The van der Waals surface area contributed by atoms with E-state index in [0.29, 0.717) is 6.04 Å².